The first-order valence-corrected chi connectivity index (χ1v) is 10.2. The van der Waals surface area contributed by atoms with Crippen LogP contribution in [0.3, 0.4) is 0 Å². The van der Waals surface area contributed by atoms with Crippen LogP contribution in [0.1, 0.15) is 51.4 Å². The summed E-state index contributed by atoms with van der Waals surface area (Å²) in [6.45, 7) is 1.06. The molecule has 174 valence electrons. The van der Waals surface area contributed by atoms with Crippen molar-refractivity contribution in [2.45, 2.75) is 69.5 Å². The summed E-state index contributed by atoms with van der Waals surface area (Å²) in [6.07, 6.45) is 3.37. The summed E-state index contributed by atoms with van der Waals surface area (Å²) >= 11 is 0. The highest BCUT2D eigenvalue weighted by molar-refractivity contribution is 5.91. The molecule has 0 fully saturated rings. The zero-order chi connectivity index (χ0) is 23.8. The van der Waals surface area contributed by atoms with Crippen LogP contribution in [0, 0.1) is 0 Å². The minimum atomic E-state index is -1.41. The molecule has 0 spiro atoms. The number of unbranched alkanes of at least 4 members (excludes halogenated alkanes) is 2. The smallest absolute Gasteiger partial charge is 0.326 e. The Morgan fingerprint density at radius 3 is 2.00 bits per heavy atom. The van der Waals surface area contributed by atoms with Crippen LogP contribution in [-0.2, 0) is 14.4 Å². The number of rotatable bonds is 17. The van der Waals surface area contributed by atoms with Gasteiger partial charge in [0.25, 0.3) is 0 Å². The molecule has 0 aromatic carbocycles. The molecule has 0 radical (unpaired) electrons. The lowest BCUT2D eigenvalue weighted by atomic mass is 10.0. The maximum absolute atomic E-state index is 12.8. The number of carboxylic acid groups (broad SMARTS) is 1. The van der Waals surface area contributed by atoms with Crippen LogP contribution in [0.15, 0.2) is 4.99 Å². The van der Waals surface area contributed by atoms with Gasteiger partial charge in [0.05, 0.1) is 6.04 Å². The third-order valence-electron chi connectivity index (χ3n) is 4.37. The number of aliphatic carboxylic acids is 1. The molecule has 0 aliphatic rings. The summed E-state index contributed by atoms with van der Waals surface area (Å²) in [5, 5.41) is 12.4. The van der Waals surface area contributed by atoms with Crippen molar-refractivity contribution in [3.8, 4) is 0 Å². The third kappa shape index (κ3) is 12.9. The molecule has 0 saturated carbocycles. The number of carboxylic acids is 1. The summed E-state index contributed by atoms with van der Waals surface area (Å²) in [5.74, 6) is -2.82. The maximum Gasteiger partial charge on any atom is 0.326 e. The molecule has 3 atom stereocenters. The van der Waals surface area contributed by atoms with Crippen molar-refractivity contribution < 1.29 is 20.9 Å². The van der Waals surface area contributed by atoms with E-state index in [1.165, 1.54) is 0 Å². The maximum atomic E-state index is 12.8. The van der Waals surface area contributed by atoms with E-state index in [4.69, 9.17) is 30.1 Å². The van der Waals surface area contributed by atoms with Crippen LogP contribution in [0.4, 0.5) is 0 Å². The Morgan fingerprint density at radius 2 is 1.47 bits per heavy atom. The van der Waals surface area contributed by atoms with Gasteiger partial charge in [-0.15, -0.1) is 0 Å². The van der Waals surface area contributed by atoms with E-state index < -0.39 is 35.9 Å². The second-order valence-corrected chi connectivity index (χ2v) is 7.01. The Labute approximate surface area is 178 Å². The number of aliphatic imine (C=N–C) groups is 1. The molecule has 13 N–H and O–H groups in total. The van der Waals surface area contributed by atoms with Crippen LogP contribution in [0.5, 0.6) is 0 Å². The number of carbonyl (C=O) groups is 3. The topological polar surface area (TPSA) is 238 Å². The number of hydrogen-bond acceptors (Lipinski definition) is 7. The minimum Gasteiger partial charge on any atom is -0.480 e. The Balaban J connectivity index is 5.16. The summed E-state index contributed by atoms with van der Waals surface area (Å²) in [7, 11) is 0. The summed E-state index contributed by atoms with van der Waals surface area (Å²) in [6, 6.07) is -3.31. The molecule has 0 aromatic heterocycles. The Hall–Kier alpha value is -2.44. The van der Waals surface area contributed by atoms with Crippen LogP contribution in [0.25, 0.3) is 0 Å². The first-order valence-electron chi connectivity index (χ1n) is 10.7. The van der Waals surface area contributed by atoms with Gasteiger partial charge < -0.3 is 44.4 Å². The number of nitrogens with two attached hydrogens (primary N) is 5. The quantitative estimate of drug-likeness (QED) is 0.0699. The van der Waals surface area contributed by atoms with Gasteiger partial charge in [-0.25, -0.2) is 4.79 Å². The van der Waals surface area contributed by atoms with Gasteiger partial charge in [-0.05, 0) is 58.0 Å². The largest absolute Gasteiger partial charge is 0.480 e. The Kier molecular flexibility index (Phi) is 14.0. The predicted octanol–water partition coefficient (Wildman–Crippen LogP) is -2.32. The SMILES string of the molecule is [2H]N(C(=O)[C@H](CCCCN)NC(=O)[C@@H](N)CCCCN)[C@@H](CCCN=C(N)N)C(=O)O. The van der Waals surface area contributed by atoms with Gasteiger partial charge >= 0.3 is 5.97 Å². The lowest BCUT2D eigenvalue weighted by molar-refractivity contribution is -0.142. The summed E-state index contributed by atoms with van der Waals surface area (Å²) < 4.78 is 8.08. The molecule has 0 aliphatic carbocycles. The van der Waals surface area contributed by atoms with Crippen molar-refractivity contribution in [3.63, 3.8) is 0 Å². The lowest BCUT2D eigenvalue weighted by Gasteiger charge is -2.23. The molecule has 0 bridgehead atoms. The second-order valence-electron chi connectivity index (χ2n) is 7.01. The predicted molar refractivity (Wildman–Crippen MR) is 115 cm³/mol. The molecule has 0 aromatic rings. The average molecular weight is 432 g/mol. The molecular weight excluding hydrogens is 392 g/mol. The fourth-order valence-electron chi connectivity index (χ4n) is 2.65. The highest BCUT2D eigenvalue weighted by atomic mass is 16.4. The van der Waals surface area contributed by atoms with Crippen LogP contribution in [0.2, 0.25) is 1.41 Å². The van der Waals surface area contributed by atoms with Gasteiger partial charge in [0.2, 0.25) is 11.8 Å². The van der Waals surface area contributed by atoms with Crippen LogP contribution in [-0.4, -0.2) is 66.6 Å². The van der Waals surface area contributed by atoms with Gasteiger partial charge in [-0.3, -0.25) is 14.6 Å². The van der Waals surface area contributed by atoms with Crippen molar-refractivity contribution in [2.24, 2.45) is 33.7 Å². The van der Waals surface area contributed by atoms with E-state index in [0.717, 1.165) is 6.42 Å². The van der Waals surface area contributed by atoms with Gasteiger partial charge in [0.1, 0.15) is 12.1 Å². The van der Waals surface area contributed by atoms with Crippen molar-refractivity contribution in [1.29, 1.82) is 0 Å². The van der Waals surface area contributed by atoms with E-state index in [1.54, 1.807) is 0 Å². The summed E-state index contributed by atoms with van der Waals surface area (Å²) in [4.78, 5) is 40.6. The first-order chi connectivity index (χ1) is 14.6. The van der Waals surface area contributed by atoms with E-state index in [0.29, 0.717) is 44.1 Å². The average Bonchev–Trinajstić information content (AvgIpc) is 2.71. The highest BCUT2D eigenvalue weighted by Gasteiger charge is 2.27. The van der Waals surface area contributed by atoms with E-state index in [2.05, 4.69) is 10.3 Å². The molecule has 2 amide bonds. The van der Waals surface area contributed by atoms with Crippen molar-refractivity contribution in [3.05, 3.63) is 0 Å². The standard InChI is InChI=1S/C18H38N8O4/c19-9-3-1-6-12(21)15(27)25-13(7-2-4-10-20)16(28)26-14(17(29)30)8-5-11-24-18(22)23/h12-14H,1-11,19-21H2,(H,25,27)(H,26,28)(H,29,30)(H4,22,23,24)/t12-,13-,14-/m0/s1/i/hD. The third-order valence-corrected chi connectivity index (χ3v) is 4.37. The van der Waals surface area contributed by atoms with E-state index in [-0.39, 0.29) is 31.8 Å². The van der Waals surface area contributed by atoms with Crippen molar-refractivity contribution in [1.82, 2.24) is 10.6 Å². The molecule has 12 heteroatoms. The molecule has 0 rings (SSSR count). The van der Waals surface area contributed by atoms with Crippen molar-refractivity contribution >= 4 is 23.7 Å². The zero-order valence-electron chi connectivity index (χ0n) is 18.5. The number of nitrogens with one attached hydrogen (secondary N) is 2. The highest BCUT2D eigenvalue weighted by Crippen LogP contribution is 2.06. The van der Waals surface area contributed by atoms with Crippen LogP contribution >= 0.6 is 0 Å². The Morgan fingerprint density at radius 1 is 0.900 bits per heavy atom. The monoisotopic (exact) mass is 431 g/mol. The van der Waals surface area contributed by atoms with Crippen LogP contribution < -0.4 is 39.3 Å². The molecule has 0 saturated heterocycles. The molecular formula is C18H38N8O4. The number of amides is 2. The minimum absolute atomic E-state index is 0.0244. The van der Waals surface area contributed by atoms with E-state index in [1.807, 2.05) is 0 Å². The molecule has 0 unspecified atom stereocenters. The molecule has 0 heterocycles. The van der Waals surface area contributed by atoms with Gasteiger partial charge in [-0.1, -0.05) is 6.42 Å². The number of hydrogen-bond donors (Lipinski definition) is 8. The number of carbonyl (C=O) groups excluding carboxylic acids is 2. The van der Waals surface area contributed by atoms with Crippen molar-refractivity contribution in [2.75, 3.05) is 19.6 Å². The van der Waals surface area contributed by atoms with Gasteiger partial charge in [-0.2, -0.15) is 0 Å². The lowest BCUT2D eigenvalue weighted by Crippen LogP contribution is -2.54. The van der Waals surface area contributed by atoms with Gasteiger partial charge in [0.15, 0.2) is 7.37 Å². The zero-order valence-corrected chi connectivity index (χ0v) is 17.5. The fraction of sp³-hybridized carbons (Fsp3) is 0.778. The summed E-state index contributed by atoms with van der Waals surface area (Å²) in [5.41, 5.74) is 27.3. The number of nitrogens with zero attached hydrogens (tertiary/aromatic N) is 1. The fourth-order valence-corrected chi connectivity index (χ4v) is 2.65. The molecule has 12 nitrogen and oxygen atoms in total. The number of guanidine groups is 1. The molecule has 30 heavy (non-hydrogen) atoms. The second kappa shape index (κ2) is 16.4. The van der Waals surface area contributed by atoms with E-state index >= 15 is 0 Å². The van der Waals surface area contributed by atoms with E-state index in [9.17, 15) is 19.5 Å². The van der Waals surface area contributed by atoms with Gasteiger partial charge in [0, 0.05) is 6.54 Å². The first kappa shape index (κ1) is 25.6. The normalized spacial score (nSPS) is 14.2. The molecule has 0 aliphatic heterocycles. The Bertz CT molecular complexity index is 589.